The summed E-state index contributed by atoms with van der Waals surface area (Å²) in [5.74, 6) is -0.868. The zero-order valence-corrected chi connectivity index (χ0v) is 14.2. The van der Waals surface area contributed by atoms with Crippen LogP contribution in [0.1, 0.15) is 35.5 Å². The molecule has 1 heterocycles. The second kappa shape index (κ2) is 6.95. The molecule has 0 unspecified atom stereocenters. The summed E-state index contributed by atoms with van der Waals surface area (Å²) < 4.78 is 29.4. The summed E-state index contributed by atoms with van der Waals surface area (Å²) in [5, 5.41) is 6.43. The van der Waals surface area contributed by atoms with Crippen LogP contribution in [0.3, 0.4) is 0 Å². The maximum absolute atomic E-state index is 12.2. The number of aryl methyl sites for hydroxylation is 2. The highest BCUT2D eigenvalue weighted by Gasteiger charge is 2.22. The second-order valence-corrected chi connectivity index (χ2v) is 7.60. The molecule has 6 nitrogen and oxygen atoms in total. The normalized spacial score (nSPS) is 12.8. The number of carbonyl (C=O) groups excluding carboxylic acids is 1. The van der Waals surface area contributed by atoms with Gasteiger partial charge in [-0.25, -0.2) is 8.42 Å². The maximum atomic E-state index is 12.2. The molecule has 0 bridgehead atoms. The van der Waals surface area contributed by atoms with Gasteiger partial charge >= 0.3 is 0 Å². The Morgan fingerprint density at radius 3 is 2.48 bits per heavy atom. The zero-order chi connectivity index (χ0) is 17.0. The molecule has 7 heteroatoms. The van der Waals surface area contributed by atoms with Crippen LogP contribution in [0.4, 0.5) is 0 Å². The third-order valence-electron chi connectivity index (χ3n) is 3.57. The van der Waals surface area contributed by atoms with Crippen molar-refractivity contribution in [2.24, 2.45) is 0 Å². The number of aromatic nitrogens is 1. The van der Waals surface area contributed by atoms with E-state index in [4.69, 9.17) is 4.52 Å². The summed E-state index contributed by atoms with van der Waals surface area (Å²) in [6.07, 6.45) is 0. The number of hydrogen-bond donors (Lipinski definition) is 1. The number of nitrogens with one attached hydrogen (secondary N) is 1. The molecule has 23 heavy (non-hydrogen) atoms. The molecule has 1 aromatic carbocycles. The number of carbonyl (C=O) groups is 1. The molecule has 0 aliphatic rings. The summed E-state index contributed by atoms with van der Waals surface area (Å²) in [4.78, 5) is 12.0. The predicted molar refractivity (Wildman–Crippen MR) is 86.5 cm³/mol. The van der Waals surface area contributed by atoms with Crippen molar-refractivity contribution in [3.63, 3.8) is 0 Å². The minimum Gasteiger partial charge on any atom is -0.361 e. The van der Waals surface area contributed by atoms with Crippen molar-refractivity contribution in [1.82, 2.24) is 10.5 Å². The van der Waals surface area contributed by atoms with Gasteiger partial charge in [0, 0.05) is 5.56 Å². The number of hydrogen-bond acceptors (Lipinski definition) is 5. The quantitative estimate of drug-likeness (QED) is 0.872. The minimum absolute atomic E-state index is 0.249. The average molecular weight is 336 g/mol. The van der Waals surface area contributed by atoms with E-state index < -0.39 is 21.5 Å². The molecule has 124 valence electrons. The lowest BCUT2D eigenvalue weighted by atomic mass is 10.1. The summed E-state index contributed by atoms with van der Waals surface area (Å²) in [6, 6.07) is 9.12. The van der Waals surface area contributed by atoms with E-state index in [1.54, 1.807) is 13.8 Å². The van der Waals surface area contributed by atoms with Crippen LogP contribution >= 0.6 is 0 Å². The molecule has 0 spiro atoms. The predicted octanol–water partition coefficient (Wildman–Crippen LogP) is 2.08. The van der Waals surface area contributed by atoms with E-state index in [1.165, 1.54) is 0 Å². The number of benzene rings is 1. The summed E-state index contributed by atoms with van der Waals surface area (Å²) >= 11 is 0. The summed E-state index contributed by atoms with van der Waals surface area (Å²) in [5.41, 5.74) is 1.97. The van der Waals surface area contributed by atoms with Gasteiger partial charge in [-0.1, -0.05) is 35.5 Å². The Balaban J connectivity index is 1.99. The van der Waals surface area contributed by atoms with Gasteiger partial charge in [0.1, 0.15) is 11.5 Å². The van der Waals surface area contributed by atoms with E-state index in [1.807, 2.05) is 37.3 Å². The summed E-state index contributed by atoms with van der Waals surface area (Å²) in [7, 11) is -3.59. The molecule has 1 N–H and O–H groups in total. The van der Waals surface area contributed by atoms with Crippen molar-refractivity contribution < 1.29 is 17.7 Å². The lowest BCUT2D eigenvalue weighted by Gasteiger charge is -2.14. The van der Waals surface area contributed by atoms with Gasteiger partial charge in [-0.3, -0.25) is 4.79 Å². The van der Waals surface area contributed by atoms with Crippen molar-refractivity contribution in [2.75, 3.05) is 5.75 Å². The number of nitrogens with zero attached hydrogens (tertiary/aromatic N) is 1. The molecule has 0 saturated carbocycles. The lowest BCUT2D eigenvalue weighted by Crippen LogP contribution is -2.32. The van der Waals surface area contributed by atoms with Crippen LogP contribution in [0.2, 0.25) is 0 Å². The monoisotopic (exact) mass is 336 g/mol. The molecule has 0 saturated heterocycles. The SMILES string of the molecule is Cc1noc(C)c1CS(=O)(=O)CC(=O)N[C@@H](C)c1ccccc1. The minimum atomic E-state index is -3.59. The van der Waals surface area contributed by atoms with Gasteiger partial charge < -0.3 is 9.84 Å². The van der Waals surface area contributed by atoms with E-state index in [0.29, 0.717) is 17.0 Å². The molecule has 2 rings (SSSR count). The van der Waals surface area contributed by atoms with E-state index in [-0.39, 0.29) is 11.8 Å². The fourth-order valence-corrected chi connectivity index (χ4v) is 3.72. The number of rotatable bonds is 6. The Hall–Kier alpha value is -2.15. The second-order valence-electron chi connectivity index (χ2n) is 5.53. The van der Waals surface area contributed by atoms with Gasteiger partial charge in [-0.2, -0.15) is 0 Å². The molecule has 0 aliphatic carbocycles. The molecule has 1 aromatic heterocycles. The van der Waals surface area contributed by atoms with E-state index in [2.05, 4.69) is 10.5 Å². The van der Waals surface area contributed by atoms with Gasteiger partial charge in [0.15, 0.2) is 9.84 Å². The van der Waals surface area contributed by atoms with E-state index in [9.17, 15) is 13.2 Å². The van der Waals surface area contributed by atoms with Crippen molar-refractivity contribution in [3.05, 3.63) is 52.9 Å². The first-order chi connectivity index (χ1) is 10.8. The maximum Gasteiger partial charge on any atom is 0.235 e. The smallest absolute Gasteiger partial charge is 0.235 e. The third-order valence-corrected chi connectivity index (χ3v) is 5.00. The summed E-state index contributed by atoms with van der Waals surface area (Å²) in [6.45, 7) is 5.15. The zero-order valence-electron chi connectivity index (χ0n) is 13.4. The molecule has 0 fully saturated rings. The highest BCUT2D eigenvalue weighted by atomic mass is 32.2. The number of amides is 1. The van der Waals surface area contributed by atoms with Crippen LogP contribution in [-0.2, 0) is 20.4 Å². The van der Waals surface area contributed by atoms with Crippen molar-refractivity contribution in [1.29, 1.82) is 0 Å². The van der Waals surface area contributed by atoms with Gasteiger partial charge in [-0.15, -0.1) is 0 Å². The molecular weight excluding hydrogens is 316 g/mol. The van der Waals surface area contributed by atoms with Crippen LogP contribution in [0.5, 0.6) is 0 Å². The molecular formula is C16H20N2O4S. The molecule has 1 amide bonds. The van der Waals surface area contributed by atoms with Crippen LogP contribution in [-0.4, -0.2) is 25.2 Å². The molecule has 0 radical (unpaired) electrons. The first kappa shape index (κ1) is 17.2. The van der Waals surface area contributed by atoms with Crippen molar-refractivity contribution in [2.45, 2.75) is 32.6 Å². The van der Waals surface area contributed by atoms with Gasteiger partial charge in [-0.05, 0) is 26.3 Å². The molecule has 1 atom stereocenters. The van der Waals surface area contributed by atoms with Crippen LogP contribution < -0.4 is 5.32 Å². The van der Waals surface area contributed by atoms with Gasteiger partial charge in [0.25, 0.3) is 0 Å². The average Bonchev–Trinajstić information content (AvgIpc) is 2.79. The Kier molecular flexibility index (Phi) is 5.20. The van der Waals surface area contributed by atoms with Gasteiger partial charge in [0.2, 0.25) is 5.91 Å². The lowest BCUT2D eigenvalue weighted by molar-refractivity contribution is -0.119. The van der Waals surface area contributed by atoms with Crippen LogP contribution in [0, 0.1) is 13.8 Å². The Morgan fingerprint density at radius 2 is 1.91 bits per heavy atom. The fourth-order valence-electron chi connectivity index (χ4n) is 2.29. The first-order valence-electron chi connectivity index (χ1n) is 7.25. The Bertz CT molecular complexity index is 762. The largest absolute Gasteiger partial charge is 0.361 e. The van der Waals surface area contributed by atoms with Crippen molar-refractivity contribution >= 4 is 15.7 Å². The van der Waals surface area contributed by atoms with Crippen LogP contribution in [0.25, 0.3) is 0 Å². The highest BCUT2D eigenvalue weighted by molar-refractivity contribution is 7.91. The first-order valence-corrected chi connectivity index (χ1v) is 9.07. The Labute approximate surface area is 135 Å². The van der Waals surface area contributed by atoms with Crippen molar-refractivity contribution in [3.8, 4) is 0 Å². The fraction of sp³-hybridized carbons (Fsp3) is 0.375. The van der Waals surface area contributed by atoms with E-state index >= 15 is 0 Å². The van der Waals surface area contributed by atoms with Gasteiger partial charge in [0.05, 0.1) is 17.5 Å². The standard InChI is InChI=1S/C16H20N2O4S/c1-11(14-7-5-4-6-8-14)17-16(19)10-23(20,21)9-15-12(2)18-22-13(15)3/h4-8,11H,9-10H2,1-3H3,(H,17,19)/t11-/m0/s1. The van der Waals surface area contributed by atoms with E-state index in [0.717, 1.165) is 5.56 Å². The topological polar surface area (TPSA) is 89.3 Å². The molecule has 2 aromatic rings. The molecule has 0 aliphatic heterocycles. The Morgan fingerprint density at radius 1 is 1.26 bits per heavy atom. The van der Waals surface area contributed by atoms with Crippen LogP contribution in [0.15, 0.2) is 34.9 Å². The number of sulfone groups is 1. The highest BCUT2D eigenvalue weighted by Crippen LogP contribution is 2.16. The third kappa shape index (κ3) is 4.66.